The molecule has 1 saturated carbocycles. The largest absolute Gasteiger partial charge is 0.508 e. The number of aromatic hydroxyl groups is 1. The number of Topliss-reactive ketones (excluding diaryl/α,β-unsaturated/α-hetero) is 2. The highest BCUT2D eigenvalue weighted by molar-refractivity contribution is 6.39. The minimum absolute atomic E-state index is 0.0198. The minimum atomic E-state index is -2.66. The smallest absolute Gasteiger partial charge is 0.421 e. The van der Waals surface area contributed by atoms with Crippen molar-refractivity contribution in [3.8, 4) is 12.3 Å². The van der Waals surface area contributed by atoms with Gasteiger partial charge in [0, 0.05) is 78.5 Å². The fourth-order valence-corrected chi connectivity index (χ4v) is 20.0. The van der Waals surface area contributed by atoms with Crippen LogP contribution in [0.3, 0.4) is 0 Å². The monoisotopic (exact) mass is 1920 g/mol. The summed E-state index contributed by atoms with van der Waals surface area (Å²) in [5.41, 5.74) is 7.77. The van der Waals surface area contributed by atoms with E-state index in [2.05, 4.69) is 68.6 Å². The SMILES string of the molecule is C#[N+]OC(=O)C1CCCCN1C(=O)C(=O)C1(O)OC(C(CC(C)CC(C)=CC(CC=CCCCCNC2NC(=O)C3C(O)CCN3C(=O)C(CCCN)NC(=O)C(C(O)C(O)c3ccc(O)cc3)NC(=O)C3CC(O)CN3C(=O)C(C(C)O)NC(=O)C(NC(=O)CCCCCCCCC(C)CC(C)CC)CC2O)C(=O)CC(O)C(C)CC(C)=CC2CCC(O)C(OC)C2)OC)C(OC)CC1C. The second kappa shape index (κ2) is 56.8. The number of unbranched alkanes of at least 4 members (excludes halogenated alkanes) is 7. The number of rotatable bonds is 47. The van der Waals surface area contributed by atoms with Gasteiger partial charge in [-0.15, -0.1) is 0 Å². The first-order valence-electron chi connectivity index (χ1n) is 49.4. The van der Waals surface area contributed by atoms with Crippen LogP contribution in [0.1, 0.15) is 267 Å². The van der Waals surface area contributed by atoms with E-state index in [9.17, 15) is 89.4 Å². The zero-order valence-electron chi connectivity index (χ0n) is 81.9. The van der Waals surface area contributed by atoms with Gasteiger partial charge in [0.2, 0.25) is 52.1 Å². The summed E-state index contributed by atoms with van der Waals surface area (Å²) in [5.74, 6) is -14.6. The zero-order valence-corrected chi connectivity index (χ0v) is 81.9. The maximum absolute atomic E-state index is 15.2. The van der Waals surface area contributed by atoms with Crippen LogP contribution in [0.5, 0.6) is 5.75 Å². The minimum Gasteiger partial charge on any atom is -0.508 e. The predicted octanol–water partition coefficient (Wildman–Crippen LogP) is 4.84. The lowest BCUT2D eigenvalue weighted by atomic mass is 9.82. The molecule has 0 radical (unpaired) electrons. The van der Waals surface area contributed by atoms with Crippen molar-refractivity contribution in [3.63, 3.8) is 0 Å². The molecule has 37 heteroatoms. The molecule has 37 nitrogen and oxygen atoms in total. The van der Waals surface area contributed by atoms with Crippen LogP contribution in [-0.4, -0.2) is 306 Å². The van der Waals surface area contributed by atoms with E-state index in [-0.39, 0.29) is 125 Å². The average molecular weight is 1920 g/mol. The highest BCUT2D eigenvalue weighted by Gasteiger charge is 2.58. The van der Waals surface area contributed by atoms with Crippen LogP contribution in [-0.2, 0) is 76.5 Å². The van der Waals surface area contributed by atoms with Gasteiger partial charge in [-0.3, -0.25) is 53.3 Å². The lowest BCUT2D eigenvalue weighted by molar-refractivity contribution is -0.302. The van der Waals surface area contributed by atoms with Crippen LogP contribution in [0.2, 0.25) is 0 Å². The maximum atomic E-state index is 15.2. The summed E-state index contributed by atoms with van der Waals surface area (Å²) in [7, 11) is 4.49. The summed E-state index contributed by atoms with van der Waals surface area (Å²) in [4.78, 5) is 168. The van der Waals surface area contributed by atoms with Crippen LogP contribution in [0.4, 0.5) is 0 Å². The van der Waals surface area contributed by atoms with E-state index in [0.717, 1.165) is 84.1 Å². The van der Waals surface area contributed by atoms with Gasteiger partial charge in [-0.2, -0.15) is 0 Å². The molecule has 28 atom stereocenters. The molecule has 8 amide bonds. The molecule has 18 N–H and O–H groups in total. The van der Waals surface area contributed by atoms with Crippen LogP contribution < -0.4 is 37.6 Å². The molecule has 6 aliphatic rings. The standard InChI is InChI=1S/C99H159N11O26/c1-14-57(2)45-58(3)29-22-18-15-16-20-24-33-82(119)103-71-54-78(118)90(107-94(126)85-75(115)40-44-109(85)95(127)70(31-28-41-100)104-93(125)84(87(121)86(120)66-35-37-68(112)38-36-66)106-92(124)73-53-69(113)56-110(73)96(128)83(64(9)111)105-91(71)123)102-42-26-21-17-19-23-30-67(77(117)55-76(116)62(7)47-61(6)48-65-34-39-74(114)79(52-65)132-11)49-59(4)46-60(5)50-80(133-12)88-81(134-13)51-63(8)99(131,135-88)89(122)97(129)108-43-27-25-32-72(108)98(130)136-101-10/h10,19,23,35-38,48-49,57-58,60,62-65,67,69-76,78-81,83-88,90,102,111,113-116,118,120-121,131H,14-18,20-22,24-34,39-47,50-56,100H2,1-9,11-13H3,(H5-,103,104,105,106,107,112,119,123,124,125,126)/p+1. The number of phenolic OH excluding ortho intramolecular Hbond substituents is 1. The quantitative estimate of drug-likeness (QED) is 0.0180. The van der Waals surface area contributed by atoms with Gasteiger partial charge in [0.15, 0.2) is 0 Å². The van der Waals surface area contributed by atoms with Crippen molar-refractivity contribution in [2.45, 2.75) is 382 Å². The Bertz CT molecular complexity index is 4150. The van der Waals surface area contributed by atoms with Crippen molar-refractivity contribution in [1.29, 1.82) is 0 Å². The fraction of sp³-hybridized carbons (Fsp3) is 0.758. The van der Waals surface area contributed by atoms with Crippen LogP contribution in [0.15, 0.2) is 59.7 Å². The van der Waals surface area contributed by atoms with Gasteiger partial charge in [-0.1, -0.05) is 139 Å². The number of hydrogen-bond donors (Lipinski definition) is 17. The molecule has 6 fully saturated rings. The number of benzene rings is 1. The number of fused-ring (bicyclic) bond motifs is 2. The molecule has 28 unspecified atom stereocenters. The van der Waals surface area contributed by atoms with Crippen molar-refractivity contribution in [3.05, 3.63) is 70.3 Å². The number of methoxy groups -OCH3 is 3. The maximum Gasteiger partial charge on any atom is 0.421 e. The van der Waals surface area contributed by atoms with Crippen molar-refractivity contribution in [2.75, 3.05) is 54.1 Å². The van der Waals surface area contributed by atoms with Gasteiger partial charge in [-0.05, 0) is 203 Å². The highest BCUT2D eigenvalue weighted by atomic mass is 16.7. The molecule has 0 aromatic heterocycles. The van der Waals surface area contributed by atoms with E-state index in [1.165, 1.54) is 38.5 Å². The van der Waals surface area contributed by atoms with Gasteiger partial charge < -0.3 is 117 Å². The number of carbonyl (C=O) groups excluding carboxylic acids is 11. The van der Waals surface area contributed by atoms with Crippen molar-refractivity contribution in [1.82, 2.24) is 46.6 Å². The molecule has 5 heterocycles. The van der Waals surface area contributed by atoms with Gasteiger partial charge in [-0.25, -0.2) is 4.79 Å². The first-order valence-corrected chi connectivity index (χ1v) is 49.4. The molecule has 7 rings (SSSR count). The first kappa shape index (κ1) is 115. The molecule has 0 bridgehead atoms. The number of amides is 8. The van der Waals surface area contributed by atoms with E-state index < -0.39 is 212 Å². The van der Waals surface area contributed by atoms with E-state index in [0.29, 0.717) is 82.5 Å². The lowest BCUT2D eigenvalue weighted by Gasteiger charge is -2.46. The van der Waals surface area contributed by atoms with Gasteiger partial charge >= 0.3 is 12.5 Å². The first-order chi connectivity index (χ1) is 64.6. The number of nitrogens with two attached hydrogens (primary N) is 1. The number of hydrogen-bond acceptors (Lipinski definition) is 28. The summed E-state index contributed by atoms with van der Waals surface area (Å²) in [6, 6.07) is -7.22. The number of aliphatic hydroxyl groups is 9. The Labute approximate surface area is 801 Å². The number of likely N-dealkylation sites (tertiary alicyclic amines) is 1. The van der Waals surface area contributed by atoms with E-state index in [1.807, 2.05) is 45.9 Å². The Kier molecular flexibility index (Phi) is 47.9. The van der Waals surface area contributed by atoms with Gasteiger partial charge in [0.05, 0.1) is 54.9 Å². The van der Waals surface area contributed by atoms with Crippen LogP contribution in [0, 0.1) is 48.0 Å². The summed E-state index contributed by atoms with van der Waals surface area (Å²) < 4.78 is 23.8. The van der Waals surface area contributed by atoms with Crippen LogP contribution in [0.25, 0.3) is 5.01 Å². The number of aliphatic hydroxyl groups excluding tert-OH is 8. The number of ether oxygens (including phenoxy) is 4. The summed E-state index contributed by atoms with van der Waals surface area (Å²) >= 11 is 0. The number of carbonyl (C=O) groups is 11. The number of phenols is 1. The number of allylic oxidation sites excluding steroid dienone is 6. The Morgan fingerprint density at radius 3 is 2.06 bits per heavy atom. The Morgan fingerprint density at radius 2 is 1.39 bits per heavy atom. The summed E-state index contributed by atoms with van der Waals surface area (Å²) in [6.07, 6.45) is 3.18. The molecule has 0 spiro atoms. The number of nitrogens with one attached hydrogen (secondary N) is 6. The predicted molar refractivity (Wildman–Crippen MR) is 504 cm³/mol. The molecular weight excluding hydrogens is 1760 g/mol. The second-order valence-corrected chi connectivity index (χ2v) is 39.4. The lowest BCUT2D eigenvalue weighted by Crippen LogP contribution is -2.64. The van der Waals surface area contributed by atoms with Gasteiger partial charge in [0.25, 0.3) is 11.7 Å². The third-order valence-electron chi connectivity index (χ3n) is 28.1. The van der Waals surface area contributed by atoms with Gasteiger partial charge in [0.1, 0.15) is 78.3 Å². The molecule has 5 saturated heterocycles. The Hall–Kier alpha value is -8.30. The van der Waals surface area contributed by atoms with E-state index >= 15 is 14.4 Å². The highest BCUT2D eigenvalue weighted by Crippen LogP contribution is 2.40. The van der Waals surface area contributed by atoms with Crippen molar-refractivity contribution < 1.29 is 128 Å². The van der Waals surface area contributed by atoms with Crippen LogP contribution >= 0.6 is 0 Å². The van der Waals surface area contributed by atoms with E-state index in [4.69, 9.17) is 31.3 Å². The molecule has 5 aliphatic heterocycles. The molecule has 1 aromatic carbocycles. The third kappa shape index (κ3) is 33.7. The average Bonchev–Trinajstić information content (AvgIpc) is 1.05. The molecular formula is C99H160N11O26+. The normalized spacial score (nSPS) is 29.5. The number of nitrogens with zero attached hydrogens (tertiary/aromatic N) is 4. The molecule has 136 heavy (non-hydrogen) atoms. The van der Waals surface area contributed by atoms with Crippen molar-refractivity contribution in [2.24, 2.45) is 47.2 Å². The number of piperidine rings is 1. The number of ketones is 2. The summed E-state index contributed by atoms with van der Waals surface area (Å²) in [6.45, 7) is 21.5. The molecule has 1 aromatic rings. The molecule has 766 valence electrons. The fourth-order valence-electron chi connectivity index (χ4n) is 20.0. The van der Waals surface area contributed by atoms with Crippen molar-refractivity contribution >= 4 is 64.8 Å². The zero-order chi connectivity index (χ0) is 100. The van der Waals surface area contributed by atoms with E-state index in [1.54, 1.807) is 14.0 Å². The molecule has 1 aliphatic carbocycles. The summed E-state index contributed by atoms with van der Waals surface area (Å²) in [5, 5.41) is 134. The second-order valence-electron chi connectivity index (χ2n) is 39.4. The Balaban J connectivity index is 1.16. The third-order valence-corrected chi connectivity index (χ3v) is 28.1. The topological polar surface area (TPSA) is 548 Å². The Morgan fingerprint density at radius 1 is 0.699 bits per heavy atom.